The van der Waals surface area contributed by atoms with Crippen molar-refractivity contribution in [1.29, 1.82) is 0 Å². The van der Waals surface area contributed by atoms with Gasteiger partial charge in [-0.2, -0.15) is 5.10 Å². The maximum atomic E-state index is 4.28. The van der Waals surface area contributed by atoms with Crippen LogP contribution in [0.4, 0.5) is 5.82 Å². The molecule has 0 radical (unpaired) electrons. The predicted octanol–water partition coefficient (Wildman–Crippen LogP) is 0.433. The summed E-state index contributed by atoms with van der Waals surface area (Å²) in [6.45, 7) is 1.48. The van der Waals surface area contributed by atoms with Gasteiger partial charge in [-0.25, -0.2) is 9.50 Å². The number of rotatable bonds is 4. The zero-order valence-electron chi connectivity index (χ0n) is 9.06. The molecule has 3 aromatic rings. The number of anilines is 1. The average molecular weight is 229 g/mol. The molecule has 0 bridgehead atoms. The molecular weight excluding hydrogens is 218 g/mol. The van der Waals surface area contributed by atoms with Crippen LogP contribution in [0.25, 0.3) is 5.52 Å². The normalized spacial score (nSPS) is 10.8. The smallest absolute Gasteiger partial charge is 0.152 e. The van der Waals surface area contributed by atoms with E-state index in [1.54, 1.807) is 27.8 Å². The van der Waals surface area contributed by atoms with Gasteiger partial charge in [0.05, 0.1) is 18.9 Å². The monoisotopic (exact) mass is 229 g/mol. The van der Waals surface area contributed by atoms with Crippen LogP contribution in [0.5, 0.6) is 0 Å². The van der Waals surface area contributed by atoms with E-state index in [0.717, 1.165) is 24.4 Å². The number of aromatic nitrogens is 6. The van der Waals surface area contributed by atoms with Crippen molar-refractivity contribution in [2.75, 3.05) is 11.9 Å². The summed E-state index contributed by atoms with van der Waals surface area (Å²) in [7, 11) is 0. The standard InChI is InChI=1S/C10H11N7/c1-2-14-17-8-4-12-10(9(1)17)11-3-6-16-7-5-13-15-16/h1-2,4-5,7-8H,3,6H2,(H,11,12). The Balaban J connectivity index is 1.70. The van der Waals surface area contributed by atoms with Gasteiger partial charge < -0.3 is 5.32 Å². The lowest BCUT2D eigenvalue weighted by Gasteiger charge is -2.06. The fourth-order valence-corrected chi connectivity index (χ4v) is 1.63. The van der Waals surface area contributed by atoms with Crippen LogP contribution >= 0.6 is 0 Å². The van der Waals surface area contributed by atoms with E-state index in [0.29, 0.717) is 0 Å². The van der Waals surface area contributed by atoms with Gasteiger partial charge >= 0.3 is 0 Å². The summed E-state index contributed by atoms with van der Waals surface area (Å²) in [5.74, 6) is 0.824. The first-order valence-electron chi connectivity index (χ1n) is 5.30. The Bertz CT molecular complexity index is 598. The Morgan fingerprint density at radius 2 is 2.18 bits per heavy atom. The average Bonchev–Trinajstić information content (AvgIpc) is 2.99. The second-order valence-corrected chi connectivity index (χ2v) is 3.53. The molecule has 0 aromatic carbocycles. The van der Waals surface area contributed by atoms with E-state index >= 15 is 0 Å². The number of hydrogen-bond acceptors (Lipinski definition) is 5. The van der Waals surface area contributed by atoms with E-state index < -0.39 is 0 Å². The van der Waals surface area contributed by atoms with Gasteiger partial charge in [-0.3, -0.25) is 4.68 Å². The molecule has 86 valence electrons. The summed E-state index contributed by atoms with van der Waals surface area (Å²) < 4.78 is 3.55. The maximum Gasteiger partial charge on any atom is 0.152 e. The molecule has 0 saturated carbocycles. The second-order valence-electron chi connectivity index (χ2n) is 3.53. The van der Waals surface area contributed by atoms with Crippen molar-refractivity contribution in [1.82, 2.24) is 29.6 Å². The highest BCUT2D eigenvalue weighted by atomic mass is 15.4. The molecule has 3 rings (SSSR count). The molecule has 0 aliphatic heterocycles. The lowest BCUT2D eigenvalue weighted by atomic mass is 10.4. The topological polar surface area (TPSA) is 72.9 Å². The highest BCUT2D eigenvalue weighted by molar-refractivity contribution is 5.66. The van der Waals surface area contributed by atoms with Crippen molar-refractivity contribution in [2.45, 2.75) is 6.54 Å². The van der Waals surface area contributed by atoms with Crippen molar-refractivity contribution >= 4 is 11.3 Å². The van der Waals surface area contributed by atoms with Crippen LogP contribution in [-0.4, -0.2) is 36.1 Å². The molecule has 0 atom stereocenters. The zero-order valence-corrected chi connectivity index (χ0v) is 9.06. The van der Waals surface area contributed by atoms with Crippen LogP contribution in [-0.2, 0) is 6.54 Å². The molecule has 3 heterocycles. The molecule has 0 amide bonds. The Labute approximate surface area is 97.1 Å². The van der Waals surface area contributed by atoms with Gasteiger partial charge in [0.25, 0.3) is 0 Å². The fraction of sp³-hybridized carbons (Fsp3) is 0.200. The quantitative estimate of drug-likeness (QED) is 0.702. The lowest BCUT2D eigenvalue weighted by Crippen LogP contribution is -2.12. The molecule has 3 aromatic heterocycles. The van der Waals surface area contributed by atoms with Gasteiger partial charge in [0.2, 0.25) is 0 Å². The van der Waals surface area contributed by atoms with E-state index in [4.69, 9.17) is 0 Å². The van der Waals surface area contributed by atoms with Crippen LogP contribution in [0.2, 0.25) is 0 Å². The largest absolute Gasteiger partial charge is 0.366 e. The Hall–Kier alpha value is -2.44. The molecule has 0 fully saturated rings. The van der Waals surface area contributed by atoms with Crippen molar-refractivity contribution in [3.05, 3.63) is 37.1 Å². The number of nitrogens with zero attached hydrogens (tertiary/aromatic N) is 6. The van der Waals surface area contributed by atoms with Gasteiger partial charge in [-0.05, 0) is 6.07 Å². The molecule has 0 spiro atoms. The van der Waals surface area contributed by atoms with Crippen molar-refractivity contribution in [3.8, 4) is 0 Å². The van der Waals surface area contributed by atoms with Crippen molar-refractivity contribution < 1.29 is 0 Å². The molecule has 7 heteroatoms. The van der Waals surface area contributed by atoms with Gasteiger partial charge in [-0.15, -0.1) is 5.10 Å². The summed E-state index contributed by atoms with van der Waals surface area (Å²) in [6.07, 6.45) is 8.78. The van der Waals surface area contributed by atoms with E-state index in [-0.39, 0.29) is 0 Å². The summed E-state index contributed by atoms with van der Waals surface area (Å²) in [5.41, 5.74) is 0.964. The minimum absolute atomic E-state index is 0.737. The minimum atomic E-state index is 0.737. The van der Waals surface area contributed by atoms with Crippen LogP contribution in [0.1, 0.15) is 0 Å². The third-order valence-electron chi connectivity index (χ3n) is 2.43. The van der Waals surface area contributed by atoms with Gasteiger partial charge in [0, 0.05) is 25.1 Å². The molecule has 1 N–H and O–H groups in total. The van der Waals surface area contributed by atoms with Crippen molar-refractivity contribution in [2.24, 2.45) is 0 Å². The van der Waals surface area contributed by atoms with E-state index in [2.05, 4.69) is 25.7 Å². The van der Waals surface area contributed by atoms with Gasteiger partial charge in [-0.1, -0.05) is 5.21 Å². The molecule has 0 aliphatic carbocycles. The van der Waals surface area contributed by atoms with E-state index in [1.165, 1.54) is 0 Å². The van der Waals surface area contributed by atoms with Crippen LogP contribution < -0.4 is 5.32 Å². The van der Waals surface area contributed by atoms with Crippen LogP contribution in [0.3, 0.4) is 0 Å². The predicted molar refractivity (Wildman–Crippen MR) is 61.5 cm³/mol. The van der Waals surface area contributed by atoms with Gasteiger partial charge in [0.1, 0.15) is 5.52 Å². The van der Waals surface area contributed by atoms with Crippen LogP contribution in [0.15, 0.2) is 37.1 Å². The summed E-state index contributed by atoms with van der Waals surface area (Å²) in [4.78, 5) is 4.28. The summed E-state index contributed by atoms with van der Waals surface area (Å²) in [6, 6.07) is 1.92. The maximum absolute atomic E-state index is 4.28. The first-order valence-corrected chi connectivity index (χ1v) is 5.30. The van der Waals surface area contributed by atoms with E-state index in [1.807, 2.05) is 18.5 Å². The number of fused-ring (bicyclic) bond motifs is 1. The second kappa shape index (κ2) is 4.20. The minimum Gasteiger partial charge on any atom is -0.366 e. The molecule has 0 saturated heterocycles. The number of hydrogen-bond donors (Lipinski definition) is 1. The third kappa shape index (κ3) is 1.94. The Morgan fingerprint density at radius 1 is 1.18 bits per heavy atom. The fourth-order valence-electron chi connectivity index (χ4n) is 1.63. The first-order chi connectivity index (χ1) is 8.43. The summed E-state index contributed by atoms with van der Waals surface area (Å²) >= 11 is 0. The molecule has 7 nitrogen and oxygen atoms in total. The Morgan fingerprint density at radius 3 is 3.06 bits per heavy atom. The first kappa shape index (κ1) is 9.76. The van der Waals surface area contributed by atoms with Crippen LogP contribution in [0, 0.1) is 0 Å². The third-order valence-corrected chi connectivity index (χ3v) is 2.43. The SMILES string of the molecule is c1cn(CCNc2nccn3nccc23)nn1. The van der Waals surface area contributed by atoms with Crippen molar-refractivity contribution in [3.63, 3.8) is 0 Å². The summed E-state index contributed by atoms with van der Waals surface area (Å²) in [5, 5.41) is 15.0. The highest BCUT2D eigenvalue weighted by Gasteiger charge is 2.01. The molecule has 17 heavy (non-hydrogen) atoms. The molecule has 0 aliphatic rings. The number of nitrogens with one attached hydrogen (secondary N) is 1. The molecule has 0 unspecified atom stereocenters. The molecular formula is C10H11N7. The van der Waals surface area contributed by atoms with E-state index in [9.17, 15) is 0 Å². The Kier molecular flexibility index (Phi) is 2.41. The zero-order chi connectivity index (χ0) is 11.5. The highest BCUT2D eigenvalue weighted by Crippen LogP contribution is 2.11. The van der Waals surface area contributed by atoms with Gasteiger partial charge in [0.15, 0.2) is 5.82 Å². The lowest BCUT2D eigenvalue weighted by molar-refractivity contribution is 0.608.